The number of hydrogen-bond acceptors (Lipinski definition) is 3. The lowest BCUT2D eigenvalue weighted by Gasteiger charge is -2.20. The number of hydrogen-bond donors (Lipinski definition) is 1. The first-order chi connectivity index (χ1) is 9.74. The Balaban J connectivity index is 2.00. The molecule has 2 nitrogen and oxygen atoms in total. The number of thioether (sulfide) groups is 1. The molecule has 1 fully saturated rings. The molecule has 0 radical (unpaired) electrons. The van der Waals surface area contributed by atoms with Crippen LogP contribution >= 0.6 is 11.8 Å². The zero-order valence-electron chi connectivity index (χ0n) is 12.3. The molecule has 0 amide bonds. The topological polar surface area (TPSA) is 21.3 Å². The van der Waals surface area contributed by atoms with Crippen molar-refractivity contribution >= 4 is 11.8 Å². The predicted octanol–water partition coefficient (Wildman–Crippen LogP) is 4.16. The molecular formula is C16H24FNOS. The van der Waals surface area contributed by atoms with Gasteiger partial charge < -0.3 is 10.1 Å². The van der Waals surface area contributed by atoms with Crippen LogP contribution in [0.2, 0.25) is 0 Å². The third-order valence-corrected chi connectivity index (χ3v) is 5.30. The van der Waals surface area contributed by atoms with Crippen molar-refractivity contribution < 1.29 is 9.13 Å². The third kappa shape index (κ3) is 4.13. The second-order valence-electron chi connectivity index (χ2n) is 5.24. The van der Waals surface area contributed by atoms with Gasteiger partial charge in [0.25, 0.3) is 0 Å². The molecule has 0 aromatic heterocycles. The molecule has 1 aromatic carbocycles. The maximum absolute atomic E-state index is 13.8. The minimum atomic E-state index is -0.279. The van der Waals surface area contributed by atoms with Gasteiger partial charge >= 0.3 is 0 Å². The van der Waals surface area contributed by atoms with E-state index in [0.29, 0.717) is 5.75 Å². The Morgan fingerprint density at radius 1 is 1.40 bits per heavy atom. The van der Waals surface area contributed by atoms with E-state index in [-0.39, 0.29) is 11.9 Å². The molecule has 0 aliphatic heterocycles. The van der Waals surface area contributed by atoms with Crippen LogP contribution in [0.1, 0.15) is 44.2 Å². The van der Waals surface area contributed by atoms with Crippen molar-refractivity contribution in [2.24, 2.45) is 0 Å². The zero-order valence-corrected chi connectivity index (χ0v) is 13.1. The molecule has 0 saturated heterocycles. The minimum absolute atomic E-state index is 0.214. The summed E-state index contributed by atoms with van der Waals surface area (Å²) in [4.78, 5) is 0. The Kier molecular flexibility index (Phi) is 6.17. The summed E-state index contributed by atoms with van der Waals surface area (Å²) in [7, 11) is 1.50. The van der Waals surface area contributed by atoms with Crippen molar-refractivity contribution in [3.8, 4) is 5.75 Å². The summed E-state index contributed by atoms with van der Waals surface area (Å²) in [5.41, 5.74) is 1.01. The lowest BCUT2D eigenvalue weighted by Crippen LogP contribution is -2.24. The van der Waals surface area contributed by atoms with Gasteiger partial charge in [-0.05, 0) is 37.1 Å². The van der Waals surface area contributed by atoms with Crippen LogP contribution < -0.4 is 10.1 Å². The number of methoxy groups -OCH3 is 1. The second-order valence-corrected chi connectivity index (χ2v) is 6.58. The molecule has 1 unspecified atom stereocenters. The summed E-state index contributed by atoms with van der Waals surface area (Å²) >= 11 is 2.03. The van der Waals surface area contributed by atoms with Gasteiger partial charge in [0.05, 0.1) is 7.11 Å². The smallest absolute Gasteiger partial charge is 0.165 e. The summed E-state index contributed by atoms with van der Waals surface area (Å²) in [6, 6.07) is 5.49. The number of halogens is 1. The van der Waals surface area contributed by atoms with Crippen molar-refractivity contribution in [2.45, 2.75) is 43.9 Å². The molecule has 20 heavy (non-hydrogen) atoms. The van der Waals surface area contributed by atoms with E-state index in [0.717, 1.165) is 23.1 Å². The predicted molar refractivity (Wildman–Crippen MR) is 84.1 cm³/mol. The van der Waals surface area contributed by atoms with Crippen molar-refractivity contribution in [1.82, 2.24) is 5.32 Å². The molecule has 0 spiro atoms. The maximum atomic E-state index is 13.8. The highest BCUT2D eigenvalue weighted by atomic mass is 32.2. The van der Waals surface area contributed by atoms with Gasteiger partial charge in [-0.1, -0.05) is 25.8 Å². The number of benzene rings is 1. The highest BCUT2D eigenvalue weighted by Gasteiger charge is 2.19. The highest BCUT2D eigenvalue weighted by Crippen LogP contribution is 2.32. The quantitative estimate of drug-likeness (QED) is 0.816. The lowest BCUT2D eigenvalue weighted by atomic mass is 10.1. The van der Waals surface area contributed by atoms with Gasteiger partial charge in [-0.2, -0.15) is 11.8 Å². The van der Waals surface area contributed by atoms with Crippen LogP contribution in [-0.2, 0) is 0 Å². The maximum Gasteiger partial charge on any atom is 0.165 e. The summed E-state index contributed by atoms with van der Waals surface area (Å²) < 4.78 is 18.8. The van der Waals surface area contributed by atoms with Crippen LogP contribution in [-0.4, -0.2) is 24.7 Å². The summed E-state index contributed by atoms with van der Waals surface area (Å²) in [6.45, 7) is 2.98. The van der Waals surface area contributed by atoms with E-state index in [1.807, 2.05) is 17.8 Å². The van der Waals surface area contributed by atoms with E-state index in [2.05, 4.69) is 12.2 Å². The van der Waals surface area contributed by atoms with E-state index in [1.54, 1.807) is 12.1 Å². The molecule has 1 aromatic rings. The molecule has 0 heterocycles. The van der Waals surface area contributed by atoms with Crippen LogP contribution in [0.5, 0.6) is 5.75 Å². The SMILES string of the molecule is CCNC(CSC1CCCC1)c1ccc(OC)c(F)c1. The van der Waals surface area contributed by atoms with Crippen molar-refractivity contribution in [2.75, 3.05) is 19.4 Å². The van der Waals surface area contributed by atoms with Crippen molar-refractivity contribution in [3.63, 3.8) is 0 Å². The first kappa shape index (κ1) is 15.6. The summed E-state index contributed by atoms with van der Waals surface area (Å²) in [6.07, 6.45) is 5.39. The molecule has 1 aliphatic carbocycles. The van der Waals surface area contributed by atoms with Gasteiger partial charge in [-0.15, -0.1) is 0 Å². The second kappa shape index (κ2) is 7.89. The van der Waals surface area contributed by atoms with Crippen molar-refractivity contribution in [3.05, 3.63) is 29.6 Å². The molecule has 0 bridgehead atoms. The number of ether oxygens (including phenoxy) is 1. The molecule has 1 N–H and O–H groups in total. The van der Waals surface area contributed by atoms with E-state index in [1.165, 1.54) is 32.8 Å². The van der Waals surface area contributed by atoms with E-state index in [9.17, 15) is 4.39 Å². The highest BCUT2D eigenvalue weighted by molar-refractivity contribution is 7.99. The van der Waals surface area contributed by atoms with Crippen LogP contribution in [0.3, 0.4) is 0 Å². The normalized spacial score (nSPS) is 17.4. The largest absolute Gasteiger partial charge is 0.494 e. The van der Waals surface area contributed by atoms with Gasteiger partial charge in [0.2, 0.25) is 0 Å². The molecule has 1 aliphatic rings. The number of nitrogens with one attached hydrogen (secondary N) is 1. The fraction of sp³-hybridized carbons (Fsp3) is 0.625. The standard InChI is InChI=1S/C16H24FNOS/c1-3-18-15(11-20-13-6-4-5-7-13)12-8-9-16(19-2)14(17)10-12/h8-10,13,15,18H,3-7,11H2,1-2H3. The minimum Gasteiger partial charge on any atom is -0.494 e. The van der Waals surface area contributed by atoms with Gasteiger partial charge in [0, 0.05) is 17.0 Å². The monoisotopic (exact) mass is 297 g/mol. The molecular weight excluding hydrogens is 273 g/mol. The summed E-state index contributed by atoms with van der Waals surface area (Å²) in [5.74, 6) is 1.04. The van der Waals surface area contributed by atoms with Crippen molar-refractivity contribution in [1.29, 1.82) is 0 Å². The van der Waals surface area contributed by atoms with E-state index < -0.39 is 0 Å². The molecule has 1 saturated carbocycles. The average molecular weight is 297 g/mol. The van der Waals surface area contributed by atoms with E-state index in [4.69, 9.17) is 4.74 Å². The summed E-state index contributed by atoms with van der Waals surface area (Å²) in [5, 5.41) is 4.25. The Morgan fingerprint density at radius 2 is 2.15 bits per heavy atom. The Bertz CT molecular complexity index is 421. The van der Waals surface area contributed by atoms with Gasteiger partial charge in [0.1, 0.15) is 0 Å². The van der Waals surface area contributed by atoms with Crippen LogP contribution in [0.15, 0.2) is 18.2 Å². The number of rotatable bonds is 7. The van der Waals surface area contributed by atoms with Crippen LogP contribution in [0.4, 0.5) is 4.39 Å². The Morgan fingerprint density at radius 3 is 2.75 bits per heavy atom. The molecule has 4 heteroatoms. The van der Waals surface area contributed by atoms with Crippen LogP contribution in [0, 0.1) is 5.82 Å². The van der Waals surface area contributed by atoms with Gasteiger partial charge in [0.15, 0.2) is 11.6 Å². The fourth-order valence-electron chi connectivity index (χ4n) is 2.71. The van der Waals surface area contributed by atoms with Crippen LogP contribution in [0.25, 0.3) is 0 Å². The van der Waals surface area contributed by atoms with E-state index >= 15 is 0 Å². The van der Waals surface area contributed by atoms with Gasteiger partial charge in [-0.25, -0.2) is 4.39 Å². The zero-order chi connectivity index (χ0) is 14.4. The first-order valence-corrected chi connectivity index (χ1v) is 8.48. The molecule has 112 valence electrons. The first-order valence-electron chi connectivity index (χ1n) is 7.43. The Labute approximate surface area is 125 Å². The molecule has 2 rings (SSSR count). The average Bonchev–Trinajstić information content (AvgIpc) is 2.96. The van der Waals surface area contributed by atoms with Gasteiger partial charge in [-0.3, -0.25) is 0 Å². The lowest BCUT2D eigenvalue weighted by molar-refractivity contribution is 0.385. The molecule has 1 atom stereocenters. The Hall–Kier alpha value is -0.740. The fourth-order valence-corrected chi connectivity index (χ4v) is 4.15. The third-order valence-electron chi connectivity index (χ3n) is 3.83.